The fourth-order valence-corrected chi connectivity index (χ4v) is 4.04. The van der Waals surface area contributed by atoms with Crippen LogP contribution in [0.25, 0.3) is 11.1 Å². The maximum atomic E-state index is 12.2. The van der Waals surface area contributed by atoms with Crippen molar-refractivity contribution in [2.24, 2.45) is 0 Å². The summed E-state index contributed by atoms with van der Waals surface area (Å²) in [5.74, 6) is 0.325. The predicted octanol–water partition coefficient (Wildman–Crippen LogP) is 3.82. The predicted molar refractivity (Wildman–Crippen MR) is 120 cm³/mol. The number of carbonyl (C=O) groups is 1. The molecule has 4 rings (SSSR count). The summed E-state index contributed by atoms with van der Waals surface area (Å²) in [5, 5.41) is 7.85. The first-order valence-corrected chi connectivity index (χ1v) is 10.7. The summed E-state index contributed by atoms with van der Waals surface area (Å²) >= 11 is 0. The second-order valence-electron chi connectivity index (χ2n) is 8.92. The third-order valence-corrected chi connectivity index (χ3v) is 5.33. The standard InChI is InChI=1S/C24H29N5O2/c1-5-21-20(14-27-29(21)15-22(30)31-24(2,3)4)18-12-25-23(26-13-18)28-19-10-16-8-6-7-9-17(16)11-19/h6-9,12-14,19H,5,10-11,15H2,1-4H3,(H,25,26,28). The monoisotopic (exact) mass is 419 g/mol. The zero-order chi connectivity index (χ0) is 22.0. The molecule has 162 valence electrons. The van der Waals surface area contributed by atoms with E-state index in [9.17, 15) is 4.79 Å². The molecule has 0 amide bonds. The molecule has 0 bridgehead atoms. The summed E-state index contributed by atoms with van der Waals surface area (Å²) in [4.78, 5) is 21.3. The van der Waals surface area contributed by atoms with Crippen molar-refractivity contribution >= 4 is 11.9 Å². The van der Waals surface area contributed by atoms with E-state index in [4.69, 9.17) is 4.74 Å². The number of hydrogen-bond donors (Lipinski definition) is 1. The Labute approximate surface area is 182 Å². The summed E-state index contributed by atoms with van der Waals surface area (Å²) < 4.78 is 7.13. The number of rotatable bonds is 6. The number of hydrogen-bond acceptors (Lipinski definition) is 6. The van der Waals surface area contributed by atoms with Crippen molar-refractivity contribution in [2.45, 2.75) is 65.1 Å². The Balaban J connectivity index is 1.44. The molecule has 7 nitrogen and oxygen atoms in total. The molecule has 0 fully saturated rings. The normalized spacial score (nSPS) is 13.8. The SMILES string of the molecule is CCc1c(-c2cnc(NC3Cc4ccccc4C3)nc2)cnn1CC(=O)OC(C)(C)C. The minimum atomic E-state index is -0.517. The number of anilines is 1. The first-order chi connectivity index (χ1) is 14.8. The summed E-state index contributed by atoms with van der Waals surface area (Å²) in [5.41, 5.74) is 5.04. The van der Waals surface area contributed by atoms with E-state index in [-0.39, 0.29) is 12.5 Å². The summed E-state index contributed by atoms with van der Waals surface area (Å²) in [6.07, 6.45) is 8.09. The summed E-state index contributed by atoms with van der Waals surface area (Å²) in [6.45, 7) is 7.70. The van der Waals surface area contributed by atoms with Gasteiger partial charge in [-0.3, -0.25) is 9.48 Å². The molecule has 2 heterocycles. The van der Waals surface area contributed by atoms with E-state index in [1.54, 1.807) is 10.9 Å². The van der Waals surface area contributed by atoms with Gasteiger partial charge in [-0.1, -0.05) is 31.2 Å². The number of fused-ring (bicyclic) bond motifs is 1. The van der Waals surface area contributed by atoms with Crippen molar-refractivity contribution in [1.29, 1.82) is 0 Å². The van der Waals surface area contributed by atoms with Gasteiger partial charge in [0, 0.05) is 35.3 Å². The number of nitrogens with zero attached hydrogens (tertiary/aromatic N) is 4. The van der Waals surface area contributed by atoms with Crippen LogP contribution in [0.2, 0.25) is 0 Å². The number of esters is 1. The van der Waals surface area contributed by atoms with Crippen molar-refractivity contribution in [3.8, 4) is 11.1 Å². The highest BCUT2D eigenvalue weighted by Gasteiger charge is 2.22. The van der Waals surface area contributed by atoms with Gasteiger partial charge in [-0.25, -0.2) is 9.97 Å². The van der Waals surface area contributed by atoms with Gasteiger partial charge in [0.2, 0.25) is 5.95 Å². The summed E-state index contributed by atoms with van der Waals surface area (Å²) in [7, 11) is 0. The van der Waals surface area contributed by atoms with Gasteiger partial charge in [0.1, 0.15) is 12.1 Å². The smallest absolute Gasteiger partial charge is 0.328 e. The largest absolute Gasteiger partial charge is 0.459 e. The molecule has 31 heavy (non-hydrogen) atoms. The van der Waals surface area contributed by atoms with Gasteiger partial charge in [0.15, 0.2) is 0 Å². The molecule has 0 saturated carbocycles. The van der Waals surface area contributed by atoms with E-state index in [0.29, 0.717) is 12.0 Å². The van der Waals surface area contributed by atoms with E-state index >= 15 is 0 Å². The van der Waals surface area contributed by atoms with Crippen LogP contribution in [0.15, 0.2) is 42.9 Å². The van der Waals surface area contributed by atoms with Crippen molar-refractivity contribution in [1.82, 2.24) is 19.7 Å². The van der Waals surface area contributed by atoms with Crippen LogP contribution < -0.4 is 5.32 Å². The molecule has 3 aromatic rings. The molecule has 0 saturated heterocycles. The molecule has 0 unspecified atom stereocenters. The molecule has 1 aliphatic carbocycles. The van der Waals surface area contributed by atoms with Gasteiger partial charge in [0.05, 0.1) is 6.20 Å². The second kappa shape index (κ2) is 8.49. The maximum Gasteiger partial charge on any atom is 0.328 e. The zero-order valence-electron chi connectivity index (χ0n) is 18.6. The lowest BCUT2D eigenvalue weighted by Crippen LogP contribution is -2.27. The van der Waals surface area contributed by atoms with Gasteiger partial charge >= 0.3 is 5.97 Å². The lowest BCUT2D eigenvalue weighted by molar-refractivity contribution is -0.155. The van der Waals surface area contributed by atoms with Crippen LogP contribution in [0.4, 0.5) is 5.95 Å². The van der Waals surface area contributed by atoms with Crippen LogP contribution in [0.3, 0.4) is 0 Å². The van der Waals surface area contributed by atoms with Crippen LogP contribution in [0, 0.1) is 0 Å². The molecule has 0 atom stereocenters. The molecule has 1 aliphatic rings. The Morgan fingerprint density at radius 2 is 1.77 bits per heavy atom. The van der Waals surface area contributed by atoms with Gasteiger partial charge in [-0.05, 0) is 51.2 Å². The van der Waals surface area contributed by atoms with Crippen LogP contribution in [-0.2, 0) is 35.3 Å². The topological polar surface area (TPSA) is 81.9 Å². The van der Waals surface area contributed by atoms with Crippen LogP contribution in [0.1, 0.15) is 44.5 Å². The van der Waals surface area contributed by atoms with E-state index in [0.717, 1.165) is 36.1 Å². The highest BCUT2D eigenvalue weighted by Crippen LogP contribution is 2.26. The van der Waals surface area contributed by atoms with Crippen molar-refractivity contribution in [3.05, 3.63) is 59.7 Å². The van der Waals surface area contributed by atoms with E-state index < -0.39 is 5.60 Å². The van der Waals surface area contributed by atoms with Gasteiger partial charge < -0.3 is 10.1 Å². The fourth-order valence-electron chi connectivity index (χ4n) is 4.04. The van der Waals surface area contributed by atoms with Crippen LogP contribution in [0.5, 0.6) is 0 Å². The summed E-state index contributed by atoms with van der Waals surface area (Å²) in [6, 6.07) is 8.84. The molecular formula is C24H29N5O2. The van der Waals surface area contributed by atoms with E-state index in [1.165, 1.54) is 11.1 Å². The molecule has 1 N–H and O–H groups in total. The Hall–Kier alpha value is -3.22. The van der Waals surface area contributed by atoms with Crippen LogP contribution in [-0.4, -0.2) is 37.4 Å². The molecule has 2 aromatic heterocycles. The Morgan fingerprint density at radius 3 is 2.35 bits per heavy atom. The lowest BCUT2D eigenvalue weighted by Gasteiger charge is -2.19. The Bertz CT molecular complexity index is 1040. The molecular weight excluding hydrogens is 390 g/mol. The minimum absolute atomic E-state index is 0.0865. The third-order valence-electron chi connectivity index (χ3n) is 5.33. The van der Waals surface area contributed by atoms with Crippen molar-refractivity contribution in [2.75, 3.05) is 5.32 Å². The zero-order valence-corrected chi connectivity index (χ0v) is 18.6. The first-order valence-electron chi connectivity index (χ1n) is 10.7. The molecule has 0 aliphatic heterocycles. The second-order valence-corrected chi connectivity index (χ2v) is 8.92. The average molecular weight is 420 g/mol. The maximum absolute atomic E-state index is 12.2. The number of ether oxygens (including phenoxy) is 1. The fraction of sp³-hybridized carbons (Fsp3) is 0.417. The molecule has 0 spiro atoms. The first kappa shape index (κ1) is 21.0. The van der Waals surface area contributed by atoms with Gasteiger partial charge in [0.25, 0.3) is 0 Å². The molecule has 1 aromatic carbocycles. The van der Waals surface area contributed by atoms with Gasteiger partial charge in [-0.15, -0.1) is 0 Å². The average Bonchev–Trinajstić information content (AvgIpc) is 3.30. The minimum Gasteiger partial charge on any atom is -0.459 e. The Kier molecular flexibility index (Phi) is 5.76. The third kappa shape index (κ3) is 4.93. The molecule has 0 radical (unpaired) electrons. The lowest BCUT2D eigenvalue weighted by atomic mass is 10.1. The van der Waals surface area contributed by atoms with Crippen molar-refractivity contribution < 1.29 is 9.53 Å². The number of carbonyl (C=O) groups excluding carboxylic acids is 1. The van der Waals surface area contributed by atoms with Gasteiger partial charge in [-0.2, -0.15) is 5.10 Å². The number of benzene rings is 1. The highest BCUT2D eigenvalue weighted by molar-refractivity contribution is 5.71. The Morgan fingerprint density at radius 1 is 1.13 bits per heavy atom. The molecule has 7 heteroatoms. The van der Waals surface area contributed by atoms with Crippen LogP contribution >= 0.6 is 0 Å². The quantitative estimate of drug-likeness (QED) is 0.612. The number of nitrogens with one attached hydrogen (secondary N) is 1. The number of aromatic nitrogens is 4. The van der Waals surface area contributed by atoms with Crippen molar-refractivity contribution in [3.63, 3.8) is 0 Å². The highest BCUT2D eigenvalue weighted by atomic mass is 16.6. The van der Waals surface area contributed by atoms with E-state index in [2.05, 4.69) is 44.6 Å². The van der Waals surface area contributed by atoms with E-state index in [1.807, 2.05) is 40.1 Å².